The van der Waals surface area contributed by atoms with Gasteiger partial charge in [-0.25, -0.2) is 4.39 Å². The van der Waals surface area contributed by atoms with Crippen LogP contribution in [0.2, 0.25) is 0 Å². The van der Waals surface area contributed by atoms with E-state index in [1.807, 2.05) is 0 Å². The zero-order valence-corrected chi connectivity index (χ0v) is 11.6. The van der Waals surface area contributed by atoms with Gasteiger partial charge in [-0.1, -0.05) is 26.0 Å². The minimum Gasteiger partial charge on any atom is -0.396 e. The molecule has 0 aliphatic carbocycles. The Bertz CT molecular complexity index is 401. The quantitative estimate of drug-likeness (QED) is 0.796. The number of amides is 1. The van der Waals surface area contributed by atoms with Crippen molar-refractivity contribution in [1.29, 1.82) is 0 Å². The van der Waals surface area contributed by atoms with Gasteiger partial charge in [0.05, 0.1) is 6.42 Å². The summed E-state index contributed by atoms with van der Waals surface area (Å²) in [5.74, 6) is -0.363. The molecule has 3 nitrogen and oxygen atoms in total. The van der Waals surface area contributed by atoms with E-state index in [-0.39, 0.29) is 30.2 Å². The van der Waals surface area contributed by atoms with E-state index in [2.05, 4.69) is 19.2 Å². The first-order valence-electron chi connectivity index (χ1n) is 6.55. The first-order chi connectivity index (χ1) is 8.93. The fourth-order valence-electron chi connectivity index (χ4n) is 1.83. The molecule has 0 spiro atoms. The maximum absolute atomic E-state index is 12.7. The number of benzene rings is 1. The van der Waals surface area contributed by atoms with Crippen LogP contribution < -0.4 is 5.32 Å². The average Bonchev–Trinajstić information content (AvgIpc) is 2.37. The Balaban J connectivity index is 2.37. The van der Waals surface area contributed by atoms with Gasteiger partial charge in [-0.15, -0.1) is 0 Å². The molecule has 0 aliphatic rings. The number of hydrogen-bond acceptors (Lipinski definition) is 2. The average molecular weight is 267 g/mol. The number of halogens is 1. The minimum absolute atomic E-state index is 0.0266. The Labute approximate surface area is 113 Å². The van der Waals surface area contributed by atoms with E-state index in [1.165, 1.54) is 12.1 Å². The lowest BCUT2D eigenvalue weighted by Gasteiger charge is -2.24. The molecule has 1 aromatic rings. The first kappa shape index (κ1) is 15.6. The van der Waals surface area contributed by atoms with Crippen LogP contribution >= 0.6 is 0 Å². The predicted octanol–water partition coefficient (Wildman–Crippen LogP) is 2.28. The van der Waals surface area contributed by atoms with Crippen molar-refractivity contribution in [2.24, 2.45) is 5.41 Å². The molecule has 0 radical (unpaired) electrons. The molecule has 0 aliphatic heterocycles. The van der Waals surface area contributed by atoms with Gasteiger partial charge in [0.25, 0.3) is 0 Å². The number of nitrogens with one attached hydrogen (secondary N) is 1. The van der Waals surface area contributed by atoms with Crippen molar-refractivity contribution in [2.75, 3.05) is 13.2 Å². The van der Waals surface area contributed by atoms with E-state index in [0.29, 0.717) is 6.54 Å². The predicted molar refractivity (Wildman–Crippen MR) is 73.2 cm³/mol. The lowest BCUT2D eigenvalue weighted by molar-refractivity contribution is -0.120. The zero-order chi connectivity index (χ0) is 14.3. The molecule has 0 atom stereocenters. The summed E-state index contributed by atoms with van der Waals surface area (Å²) in [5, 5.41) is 11.7. The van der Waals surface area contributed by atoms with Crippen LogP contribution in [0, 0.1) is 11.2 Å². The van der Waals surface area contributed by atoms with Crippen molar-refractivity contribution in [3.8, 4) is 0 Å². The number of aliphatic hydroxyl groups is 1. The van der Waals surface area contributed by atoms with Gasteiger partial charge in [0.15, 0.2) is 0 Å². The minimum atomic E-state index is -0.297. The normalized spacial score (nSPS) is 11.4. The lowest BCUT2D eigenvalue weighted by atomic mass is 9.88. The topological polar surface area (TPSA) is 49.3 Å². The Morgan fingerprint density at radius 1 is 1.32 bits per heavy atom. The molecule has 106 valence electrons. The molecule has 0 fully saturated rings. The van der Waals surface area contributed by atoms with E-state index in [4.69, 9.17) is 5.11 Å². The number of carbonyl (C=O) groups is 1. The second-order valence-corrected chi connectivity index (χ2v) is 5.57. The summed E-state index contributed by atoms with van der Waals surface area (Å²) in [6.45, 7) is 4.86. The summed E-state index contributed by atoms with van der Waals surface area (Å²) in [4.78, 5) is 11.8. The zero-order valence-electron chi connectivity index (χ0n) is 11.6. The summed E-state index contributed by atoms with van der Waals surface area (Å²) in [6, 6.07) is 5.94. The third-order valence-electron chi connectivity index (χ3n) is 3.05. The highest BCUT2D eigenvalue weighted by atomic mass is 19.1. The van der Waals surface area contributed by atoms with Crippen molar-refractivity contribution in [3.05, 3.63) is 35.6 Å². The number of carbonyl (C=O) groups excluding carboxylic acids is 1. The second-order valence-electron chi connectivity index (χ2n) is 5.57. The van der Waals surface area contributed by atoms with Crippen molar-refractivity contribution in [1.82, 2.24) is 5.32 Å². The van der Waals surface area contributed by atoms with Gasteiger partial charge in [-0.2, -0.15) is 0 Å². The fourth-order valence-corrected chi connectivity index (χ4v) is 1.83. The summed E-state index contributed by atoms with van der Waals surface area (Å²) in [6.07, 6.45) is 1.86. The Morgan fingerprint density at radius 3 is 2.53 bits per heavy atom. The largest absolute Gasteiger partial charge is 0.396 e. The Kier molecular flexibility index (Phi) is 5.96. The van der Waals surface area contributed by atoms with Crippen LogP contribution in [0.25, 0.3) is 0 Å². The molecule has 0 heterocycles. The van der Waals surface area contributed by atoms with Crippen molar-refractivity contribution in [3.63, 3.8) is 0 Å². The summed E-state index contributed by atoms with van der Waals surface area (Å²) < 4.78 is 12.7. The first-order valence-corrected chi connectivity index (χ1v) is 6.55. The molecule has 0 saturated heterocycles. The van der Waals surface area contributed by atoms with Gasteiger partial charge in [-0.3, -0.25) is 4.79 Å². The number of rotatable bonds is 7. The van der Waals surface area contributed by atoms with Gasteiger partial charge in [0, 0.05) is 13.2 Å². The molecular weight excluding hydrogens is 245 g/mol. The molecule has 0 bridgehead atoms. The van der Waals surface area contributed by atoms with Gasteiger partial charge >= 0.3 is 0 Å². The van der Waals surface area contributed by atoms with Gasteiger partial charge < -0.3 is 10.4 Å². The second kappa shape index (κ2) is 7.24. The molecule has 4 heteroatoms. The molecule has 1 aromatic carbocycles. The summed E-state index contributed by atoms with van der Waals surface area (Å²) in [7, 11) is 0. The third kappa shape index (κ3) is 6.34. The summed E-state index contributed by atoms with van der Waals surface area (Å²) >= 11 is 0. The SMILES string of the molecule is CC(C)(CCCO)CNC(=O)Cc1ccc(F)cc1. The number of hydrogen-bond donors (Lipinski definition) is 2. The lowest BCUT2D eigenvalue weighted by Crippen LogP contribution is -2.35. The molecule has 1 amide bonds. The van der Waals surface area contributed by atoms with Crippen molar-refractivity contribution < 1.29 is 14.3 Å². The van der Waals surface area contributed by atoms with Crippen LogP contribution in [0.5, 0.6) is 0 Å². The molecule has 0 unspecified atom stereocenters. The summed E-state index contributed by atoms with van der Waals surface area (Å²) in [5.41, 5.74) is 0.772. The van der Waals surface area contributed by atoms with E-state index in [0.717, 1.165) is 18.4 Å². The molecule has 19 heavy (non-hydrogen) atoms. The Hall–Kier alpha value is -1.42. The van der Waals surface area contributed by atoms with E-state index >= 15 is 0 Å². The maximum Gasteiger partial charge on any atom is 0.224 e. The van der Waals surface area contributed by atoms with Gasteiger partial charge in [0.1, 0.15) is 5.82 Å². The number of aliphatic hydroxyl groups excluding tert-OH is 1. The smallest absolute Gasteiger partial charge is 0.224 e. The van der Waals surface area contributed by atoms with Crippen molar-refractivity contribution in [2.45, 2.75) is 33.1 Å². The van der Waals surface area contributed by atoms with Crippen LogP contribution in [0.1, 0.15) is 32.3 Å². The maximum atomic E-state index is 12.7. The highest BCUT2D eigenvalue weighted by Crippen LogP contribution is 2.20. The van der Waals surface area contributed by atoms with Crippen LogP contribution in [-0.2, 0) is 11.2 Å². The van der Waals surface area contributed by atoms with Crippen LogP contribution in [-0.4, -0.2) is 24.2 Å². The molecule has 0 saturated carbocycles. The standard InChI is InChI=1S/C15H22FNO2/c1-15(2,8-3-9-18)11-17-14(19)10-12-4-6-13(16)7-5-12/h4-7,18H,3,8-11H2,1-2H3,(H,17,19). The fraction of sp³-hybridized carbons (Fsp3) is 0.533. The Morgan fingerprint density at radius 2 is 1.95 bits per heavy atom. The molecular formula is C15H22FNO2. The van der Waals surface area contributed by atoms with Crippen LogP contribution in [0.3, 0.4) is 0 Å². The van der Waals surface area contributed by atoms with Crippen LogP contribution in [0.4, 0.5) is 4.39 Å². The molecule has 2 N–H and O–H groups in total. The van der Waals surface area contributed by atoms with Gasteiger partial charge in [0.2, 0.25) is 5.91 Å². The third-order valence-corrected chi connectivity index (χ3v) is 3.05. The van der Waals surface area contributed by atoms with Gasteiger partial charge in [-0.05, 0) is 36.0 Å². The van der Waals surface area contributed by atoms with Crippen LogP contribution in [0.15, 0.2) is 24.3 Å². The van der Waals surface area contributed by atoms with Crippen molar-refractivity contribution >= 4 is 5.91 Å². The highest BCUT2D eigenvalue weighted by Gasteiger charge is 2.18. The molecule has 0 aromatic heterocycles. The molecule has 1 rings (SSSR count). The van der Waals surface area contributed by atoms with E-state index < -0.39 is 0 Å². The highest BCUT2D eigenvalue weighted by molar-refractivity contribution is 5.78. The van der Waals surface area contributed by atoms with E-state index in [9.17, 15) is 9.18 Å². The van der Waals surface area contributed by atoms with E-state index in [1.54, 1.807) is 12.1 Å². The monoisotopic (exact) mass is 267 g/mol.